The van der Waals surface area contributed by atoms with Gasteiger partial charge in [-0.05, 0) is 80.9 Å². The standard InChI is InChI=1S/C25H28O3/c1-15-3-5-19(6-4-15)22-20(24(26)27)7-8-21(28-2)23(22)25-12-16-9-17(13-25)11-18(10-16)14-25/h3-8,16-18H,9-14H2,1-2H3,(H,26,27). The van der Waals surface area contributed by atoms with Gasteiger partial charge in [-0.3, -0.25) is 0 Å². The first kappa shape index (κ1) is 17.8. The van der Waals surface area contributed by atoms with Crippen LogP contribution >= 0.6 is 0 Å². The molecule has 28 heavy (non-hydrogen) atoms. The summed E-state index contributed by atoms with van der Waals surface area (Å²) in [6, 6.07) is 11.9. The van der Waals surface area contributed by atoms with Crippen molar-refractivity contribution >= 4 is 5.97 Å². The topological polar surface area (TPSA) is 46.5 Å². The number of carbonyl (C=O) groups is 1. The molecule has 0 aliphatic heterocycles. The lowest BCUT2D eigenvalue weighted by Crippen LogP contribution is -2.49. The third-order valence-electron chi connectivity index (χ3n) is 7.53. The van der Waals surface area contributed by atoms with E-state index in [0.29, 0.717) is 5.56 Å². The number of aryl methyl sites for hydroxylation is 1. The molecular formula is C25H28O3. The average Bonchev–Trinajstić information content (AvgIpc) is 2.66. The predicted molar refractivity (Wildman–Crippen MR) is 110 cm³/mol. The quantitative estimate of drug-likeness (QED) is 0.729. The van der Waals surface area contributed by atoms with Gasteiger partial charge in [-0.2, -0.15) is 0 Å². The minimum atomic E-state index is -0.857. The normalized spacial score (nSPS) is 30.4. The van der Waals surface area contributed by atoms with Crippen molar-refractivity contribution in [2.75, 3.05) is 7.11 Å². The van der Waals surface area contributed by atoms with Gasteiger partial charge < -0.3 is 9.84 Å². The van der Waals surface area contributed by atoms with Crippen LogP contribution in [-0.2, 0) is 5.41 Å². The van der Waals surface area contributed by atoms with Gasteiger partial charge in [0.15, 0.2) is 0 Å². The smallest absolute Gasteiger partial charge is 0.336 e. The van der Waals surface area contributed by atoms with Crippen molar-refractivity contribution < 1.29 is 14.6 Å². The van der Waals surface area contributed by atoms with E-state index in [9.17, 15) is 9.90 Å². The van der Waals surface area contributed by atoms with E-state index in [2.05, 4.69) is 31.2 Å². The zero-order chi connectivity index (χ0) is 19.5. The summed E-state index contributed by atoms with van der Waals surface area (Å²) in [5.41, 5.74) is 4.68. The molecule has 0 aromatic heterocycles. The molecule has 2 aromatic carbocycles. The van der Waals surface area contributed by atoms with Crippen LogP contribution in [0.25, 0.3) is 11.1 Å². The van der Waals surface area contributed by atoms with Gasteiger partial charge in [0.05, 0.1) is 12.7 Å². The van der Waals surface area contributed by atoms with Crippen molar-refractivity contribution in [3.63, 3.8) is 0 Å². The molecule has 0 spiro atoms. The summed E-state index contributed by atoms with van der Waals surface area (Å²) in [6.45, 7) is 2.06. The van der Waals surface area contributed by atoms with Gasteiger partial charge in [0.1, 0.15) is 5.75 Å². The number of hydrogen-bond donors (Lipinski definition) is 1. The van der Waals surface area contributed by atoms with Crippen molar-refractivity contribution in [2.45, 2.75) is 50.9 Å². The maximum Gasteiger partial charge on any atom is 0.336 e. The zero-order valence-corrected chi connectivity index (χ0v) is 16.7. The van der Waals surface area contributed by atoms with Crippen LogP contribution < -0.4 is 4.74 Å². The second kappa shape index (κ2) is 6.37. The number of carboxylic acid groups (broad SMARTS) is 1. The van der Waals surface area contributed by atoms with E-state index in [-0.39, 0.29) is 5.41 Å². The lowest BCUT2D eigenvalue weighted by molar-refractivity contribution is -0.00590. The Bertz CT molecular complexity index is 890. The van der Waals surface area contributed by atoms with E-state index in [0.717, 1.165) is 40.2 Å². The van der Waals surface area contributed by atoms with Gasteiger partial charge in [0, 0.05) is 16.5 Å². The summed E-state index contributed by atoms with van der Waals surface area (Å²) in [4.78, 5) is 12.2. The molecule has 3 heteroatoms. The summed E-state index contributed by atoms with van der Waals surface area (Å²) in [5, 5.41) is 10.0. The molecule has 2 aromatic rings. The van der Waals surface area contributed by atoms with Crippen LogP contribution in [0.15, 0.2) is 36.4 Å². The van der Waals surface area contributed by atoms with Crippen molar-refractivity contribution in [2.24, 2.45) is 17.8 Å². The second-order valence-corrected chi connectivity index (χ2v) is 9.43. The molecule has 0 saturated heterocycles. The molecule has 6 rings (SSSR count). The third kappa shape index (κ3) is 2.67. The highest BCUT2D eigenvalue weighted by Gasteiger charge is 2.53. The van der Waals surface area contributed by atoms with E-state index in [1.54, 1.807) is 13.2 Å². The second-order valence-electron chi connectivity index (χ2n) is 9.43. The monoisotopic (exact) mass is 376 g/mol. The molecular weight excluding hydrogens is 348 g/mol. The first-order valence-corrected chi connectivity index (χ1v) is 10.5. The summed E-state index contributed by atoms with van der Waals surface area (Å²) in [6.07, 6.45) is 7.62. The van der Waals surface area contributed by atoms with Gasteiger partial charge >= 0.3 is 5.97 Å². The van der Waals surface area contributed by atoms with Crippen molar-refractivity contribution in [3.05, 3.63) is 53.1 Å². The van der Waals surface area contributed by atoms with Gasteiger partial charge in [-0.15, -0.1) is 0 Å². The minimum absolute atomic E-state index is 0.0613. The van der Waals surface area contributed by atoms with E-state index >= 15 is 0 Å². The molecule has 4 saturated carbocycles. The van der Waals surface area contributed by atoms with Crippen LogP contribution in [0.5, 0.6) is 5.75 Å². The Morgan fingerprint density at radius 1 is 0.964 bits per heavy atom. The molecule has 146 valence electrons. The average molecular weight is 376 g/mol. The van der Waals surface area contributed by atoms with Crippen LogP contribution in [0, 0.1) is 24.7 Å². The summed E-state index contributed by atoms with van der Waals surface area (Å²) < 4.78 is 5.86. The van der Waals surface area contributed by atoms with E-state index < -0.39 is 5.97 Å². The zero-order valence-electron chi connectivity index (χ0n) is 16.7. The Labute approximate surface area is 166 Å². The van der Waals surface area contributed by atoms with E-state index in [1.807, 2.05) is 6.07 Å². The fourth-order valence-electron chi connectivity index (χ4n) is 6.90. The molecule has 3 nitrogen and oxygen atoms in total. The number of methoxy groups -OCH3 is 1. The maximum absolute atomic E-state index is 12.2. The summed E-state index contributed by atoms with van der Waals surface area (Å²) >= 11 is 0. The SMILES string of the molecule is COc1ccc(C(=O)O)c(-c2ccc(C)cc2)c1C12CC3CC(CC(C3)C1)C2. The molecule has 0 heterocycles. The number of aromatic carboxylic acids is 1. The molecule has 4 fully saturated rings. The van der Waals surface area contributed by atoms with Gasteiger partial charge in [0.25, 0.3) is 0 Å². The number of hydrogen-bond acceptors (Lipinski definition) is 2. The predicted octanol–water partition coefficient (Wildman–Crippen LogP) is 5.84. The number of carboxylic acids is 1. The first-order valence-electron chi connectivity index (χ1n) is 10.5. The largest absolute Gasteiger partial charge is 0.496 e. The lowest BCUT2D eigenvalue weighted by atomic mass is 9.47. The van der Waals surface area contributed by atoms with Gasteiger partial charge in [-0.1, -0.05) is 29.8 Å². The van der Waals surface area contributed by atoms with Crippen molar-refractivity contribution in [1.82, 2.24) is 0 Å². The molecule has 0 atom stereocenters. The van der Waals surface area contributed by atoms with Crippen LogP contribution in [-0.4, -0.2) is 18.2 Å². The molecule has 0 radical (unpaired) electrons. The minimum Gasteiger partial charge on any atom is -0.496 e. The van der Waals surface area contributed by atoms with E-state index in [1.165, 1.54) is 44.1 Å². The Morgan fingerprint density at radius 3 is 2.04 bits per heavy atom. The lowest BCUT2D eigenvalue weighted by Gasteiger charge is -2.57. The van der Waals surface area contributed by atoms with Crippen LogP contribution in [0.3, 0.4) is 0 Å². The van der Waals surface area contributed by atoms with Gasteiger partial charge in [-0.25, -0.2) is 4.79 Å². The van der Waals surface area contributed by atoms with E-state index in [4.69, 9.17) is 4.74 Å². The Hall–Kier alpha value is -2.29. The highest BCUT2D eigenvalue weighted by Crippen LogP contribution is 2.63. The number of rotatable bonds is 4. The molecule has 1 N–H and O–H groups in total. The van der Waals surface area contributed by atoms with Crippen LogP contribution in [0.2, 0.25) is 0 Å². The fourth-order valence-corrected chi connectivity index (χ4v) is 6.90. The third-order valence-corrected chi connectivity index (χ3v) is 7.53. The molecule has 0 unspecified atom stereocenters. The maximum atomic E-state index is 12.2. The van der Waals surface area contributed by atoms with Crippen molar-refractivity contribution in [3.8, 4) is 16.9 Å². The summed E-state index contributed by atoms with van der Waals surface area (Å²) in [5.74, 6) is 2.37. The number of ether oxygens (including phenoxy) is 1. The first-order chi connectivity index (χ1) is 13.5. The molecule has 4 aliphatic rings. The van der Waals surface area contributed by atoms with Crippen molar-refractivity contribution in [1.29, 1.82) is 0 Å². The van der Waals surface area contributed by atoms with Gasteiger partial charge in [0.2, 0.25) is 0 Å². The molecule has 0 amide bonds. The molecule has 4 bridgehead atoms. The van der Waals surface area contributed by atoms with Crippen LogP contribution in [0.4, 0.5) is 0 Å². The fraction of sp³-hybridized carbons (Fsp3) is 0.480. The Kier molecular flexibility index (Phi) is 4.04. The van der Waals surface area contributed by atoms with Crippen LogP contribution in [0.1, 0.15) is 60.0 Å². The Balaban J connectivity index is 1.78. The highest BCUT2D eigenvalue weighted by atomic mass is 16.5. The Morgan fingerprint density at radius 2 is 1.54 bits per heavy atom. The highest BCUT2D eigenvalue weighted by molar-refractivity contribution is 5.98. The molecule has 4 aliphatic carbocycles. The summed E-state index contributed by atoms with van der Waals surface area (Å²) in [7, 11) is 1.72. The number of benzene rings is 2.